The van der Waals surface area contributed by atoms with E-state index in [-0.39, 0.29) is 36.1 Å². The monoisotopic (exact) mass is 593 g/mol. The van der Waals surface area contributed by atoms with Crippen LogP contribution in [0.1, 0.15) is 72.0 Å². The molecule has 3 atom stereocenters. The Balaban J connectivity index is 1.26. The Morgan fingerprint density at radius 2 is 1.98 bits per heavy atom. The molecule has 2 aromatic heterocycles. The fourth-order valence-electron chi connectivity index (χ4n) is 6.39. The predicted octanol–water partition coefficient (Wildman–Crippen LogP) is 3.78. The van der Waals surface area contributed by atoms with Crippen LogP contribution >= 0.6 is 0 Å². The molecule has 10 nitrogen and oxygen atoms in total. The number of alkyl halides is 3. The van der Waals surface area contributed by atoms with Crippen LogP contribution in [0.2, 0.25) is 0 Å². The third-order valence-electron chi connectivity index (χ3n) is 8.86. The number of carbonyl (C=O) groups is 2. The van der Waals surface area contributed by atoms with Crippen molar-refractivity contribution in [3.8, 4) is 0 Å². The van der Waals surface area contributed by atoms with Crippen molar-refractivity contribution in [2.24, 2.45) is 11.8 Å². The number of rotatable bonds is 7. The average molecular weight is 594 g/mol. The van der Waals surface area contributed by atoms with Gasteiger partial charge >= 0.3 is 6.18 Å². The minimum atomic E-state index is -4.85. The third-order valence-corrected chi connectivity index (χ3v) is 8.86. The summed E-state index contributed by atoms with van der Waals surface area (Å²) in [6.07, 6.45) is 0.687. The lowest BCUT2D eigenvalue weighted by molar-refractivity contribution is -0.298. The molecule has 14 heteroatoms. The Morgan fingerprint density at radius 1 is 1.24 bits per heavy atom. The molecule has 42 heavy (non-hydrogen) atoms. The van der Waals surface area contributed by atoms with Gasteiger partial charge in [0, 0.05) is 5.92 Å². The Kier molecular flexibility index (Phi) is 7.24. The van der Waals surface area contributed by atoms with E-state index in [0.717, 1.165) is 30.6 Å². The fraction of sp³-hybridized carbons (Fsp3) is 0.571. The highest BCUT2D eigenvalue weighted by Crippen LogP contribution is 2.42. The van der Waals surface area contributed by atoms with Crippen molar-refractivity contribution in [3.63, 3.8) is 0 Å². The van der Waals surface area contributed by atoms with E-state index in [4.69, 9.17) is 9.26 Å². The number of nitrogens with zero attached hydrogens (tertiary/aromatic N) is 3. The first kappa shape index (κ1) is 28.6. The first-order valence-corrected chi connectivity index (χ1v) is 14.1. The number of likely N-dealkylation sites (tertiary alicyclic amines) is 1. The van der Waals surface area contributed by atoms with E-state index < -0.39 is 54.5 Å². The molecule has 3 N–H and O–H groups in total. The van der Waals surface area contributed by atoms with E-state index in [1.165, 1.54) is 12.3 Å². The van der Waals surface area contributed by atoms with E-state index in [0.29, 0.717) is 29.0 Å². The summed E-state index contributed by atoms with van der Waals surface area (Å²) in [6.45, 7) is 0.0540. The number of aromatic amines is 1. The number of halogens is 4. The molecule has 3 aromatic rings. The standard InChI is InChI=1S/C28H31F4N5O5/c1-2-19-18(11-42-36-19)25(38)35-22(14-5-3-4-6-14)24-33-20-8-7-15(21(29)23(20)34-24)16-9-41-10-17(16)26(39)37-12-27(40,13-37)28(30,31)32/h7-8,11,14,16-17,22,40H,2-6,9-10,12-13H2,1H3,(H,33,34)(H,35,38)/t16?,17?,22-/m0/s1. The number of aryl methyl sites for hydroxylation is 1. The summed E-state index contributed by atoms with van der Waals surface area (Å²) < 4.78 is 65.7. The van der Waals surface area contributed by atoms with Gasteiger partial charge in [0.05, 0.1) is 49.5 Å². The normalized spacial score (nSPS) is 23.3. The smallest absolute Gasteiger partial charge is 0.380 e. The molecule has 1 saturated carbocycles. The van der Waals surface area contributed by atoms with E-state index in [1.807, 2.05) is 6.92 Å². The minimum absolute atomic E-state index is 0.00669. The van der Waals surface area contributed by atoms with Crippen LogP contribution in [0.3, 0.4) is 0 Å². The van der Waals surface area contributed by atoms with Crippen LogP contribution in [0.5, 0.6) is 0 Å². The maximum absolute atomic E-state index is 16.0. The van der Waals surface area contributed by atoms with Crippen molar-refractivity contribution >= 4 is 22.8 Å². The summed E-state index contributed by atoms with van der Waals surface area (Å²) in [5.74, 6) is -2.82. The maximum Gasteiger partial charge on any atom is 0.420 e. The number of carbonyl (C=O) groups excluding carboxylic acids is 2. The second-order valence-corrected chi connectivity index (χ2v) is 11.5. The van der Waals surface area contributed by atoms with Gasteiger partial charge in [-0.3, -0.25) is 9.59 Å². The lowest BCUT2D eigenvalue weighted by Gasteiger charge is -2.47. The molecular formula is C28H31F4N5O5. The van der Waals surface area contributed by atoms with Crippen molar-refractivity contribution in [3.05, 3.63) is 46.9 Å². The van der Waals surface area contributed by atoms with Gasteiger partial charge in [0.25, 0.3) is 5.91 Å². The molecule has 0 spiro atoms. The molecule has 2 unspecified atom stereocenters. The number of aliphatic hydroxyl groups is 1. The van der Waals surface area contributed by atoms with E-state index in [9.17, 15) is 27.9 Å². The molecule has 6 rings (SSSR count). The molecule has 3 aliphatic rings. The summed E-state index contributed by atoms with van der Waals surface area (Å²) in [4.78, 5) is 34.9. The van der Waals surface area contributed by atoms with Gasteiger partial charge in [-0.25, -0.2) is 9.37 Å². The molecule has 0 radical (unpaired) electrons. The molecule has 2 saturated heterocycles. The number of nitrogens with one attached hydrogen (secondary N) is 2. The number of imidazole rings is 1. The number of hydrogen-bond acceptors (Lipinski definition) is 7. The van der Waals surface area contributed by atoms with Crippen molar-refractivity contribution < 1.29 is 41.5 Å². The molecule has 0 bridgehead atoms. The van der Waals surface area contributed by atoms with Crippen LogP contribution < -0.4 is 5.32 Å². The highest BCUT2D eigenvalue weighted by atomic mass is 19.4. The zero-order valence-electron chi connectivity index (χ0n) is 22.8. The van der Waals surface area contributed by atoms with Crippen LogP contribution in [-0.4, -0.2) is 75.0 Å². The van der Waals surface area contributed by atoms with Crippen LogP contribution in [0, 0.1) is 17.7 Å². The van der Waals surface area contributed by atoms with Gasteiger partial charge in [0.2, 0.25) is 5.91 Å². The molecule has 2 amide bonds. The summed E-state index contributed by atoms with van der Waals surface area (Å²) in [5, 5.41) is 16.7. The van der Waals surface area contributed by atoms with Gasteiger partial charge in [0.15, 0.2) is 11.4 Å². The Labute approximate surface area is 237 Å². The molecule has 226 valence electrons. The first-order valence-electron chi connectivity index (χ1n) is 14.1. The number of benzene rings is 1. The summed E-state index contributed by atoms with van der Waals surface area (Å²) in [7, 11) is 0. The number of hydrogen-bond donors (Lipinski definition) is 3. The molecular weight excluding hydrogens is 562 g/mol. The van der Waals surface area contributed by atoms with Gasteiger partial charge in [-0.05, 0) is 36.8 Å². The van der Waals surface area contributed by atoms with E-state index >= 15 is 4.39 Å². The van der Waals surface area contributed by atoms with Gasteiger partial charge in [0.1, 0.15) is 23.2 Å². The van der Waals surface area contributed by atoms with E-state index in [2.05, 4.69) is 20.4 Å². The van der Waals surface area contributed by atoms with Crippen LogP contribution in [0.15, 0.2) is 22.9 Å². The van der Waals surface area contributed by atoms with Crippen molar-refractivity contribution in [2.75, 3.05) is 26.3 Å². The highest BCUT2D eigenvalue weighted by molar-refractivity contribution is 5.95. The van der Waals surface area contributed by atoms with Gasteiger partial charge in [-0.1, -0.05) is 31.0 Å². The molecule has 2 aliphatic heterocycles. The lowest BCUT2D eigenvalue weighted by atomic mass is 9.84. The highest BCUT2D eigenvalue weighted by Gasteiger charge is 2.62. The topological polar surface area (TPSA) is 134 Å². The maximum atomic E-state index is 16.0. The zero-order valence-corrected chi connectivity index (χ0v) is 22.8. The van der Waals surface area contributed by atoms with Crippen LogP contribution in [0.4, 0.5) is 17.6 Å². The van der Waals surface area contributed by atoms with Crippen LogP contribution in [0.25, 0.3) is 11.0 Å². The molecule has 3 fully saturated rings. The largest absolute Gasteiger partial charge is 0.420 e. The fourth-order valence-corrected chi connectivity index (χ4v) is 6.39. The van der Waals surface area contributed by atoms with Crippen molar-refractivity contribution in [2.45, 2.75) is 62.8 Å². The van der Waals surface area contributed by atoms with E-state index in [1.54, 1.807) is 6.07 Å². The molecule has 4 heterocycles. The third kappa shape index (κ3) is 4.83. The summed E-state index contributed by atoms with van der Waals surface area (Å²) in [6, 6.07) is 2.64. The average Bonchev–Trinajstić information content (AvgIpc) is 3.75. The summed E-state index contributed by atoms with van der Waals surface area (Å²) in [5.41, 5.74) is -1.47. The van der Waals surface area contributed by atoms with Gasteiger partial charge in [-0.15, -0.1) is 0 Å². The number of ether oxygens (including phenoxy) is 1. The van der Waals surface area contributed by atoms with Gasteiger partial charge < -0.3 is 29.6 Å². The summed E-state index contributed by atoms with van der Waals surface area (Å²) >= 11 is 0. The lowest BCUT2D eigenvalue weighted by Crippen LogP contribution is -2.71. The quantitative estimate of drug-likeness (QED) is 0.355. The van der Waals surface area contributed by atoms with Crippen molar-refractivity contribution in [1.29, 1.82) is 0 Å². The Morgan fingerprint density at radius 3 is 2.67 bits per heavy atom. The predicted molar refractivity (Wildman–Crippen MR) is 139 cm³/mol. The first-order chi connectivity index (χ1) is 20.0. The number of H-pyrrole nitrogens is 1. The second kappa shape index (κ2) is 10.6. The number of β-amino-alcohol motifs (C(OH)–C–C–N with tert-alkyl or cyclic N) is 1. The number of aromatic nitrogens is 3. The number of amides is 2. The van der Waals surface area contributed by atoms with Crippen molar-refractivity contribution in [1.82, 2.24) is 25.3 Å². The SMILES string of the molecule is CCc1nocc1C(=O)N[C@H](c1nc2c(F)c(C3COCC3C(=O)N3CC(O)(C(F)(F)F)C3)ccc2[nH]1)C1CCCC1. The Hall–Kier alpha value is -3.52. The van der Waals surface area contributed by atoms with Crippen LogP contribution in [-0.2, 0) is 16.0 Å². The zero-order chi connectivity index (χ0) is 29.8. The van der Waals surface area contributed by atoms with Gasteiger partial charge in [-0.2, -0.15) is 13.2 Å². The molecule has 1 aromatic carbocycles. The minimum Gasteiger partial charge on any atom is -0.380 e. The number of fused-ring (bicyclic) bond motifs is 1. The Bertz CT molecular complexity index is 1490. The molecule has 1 aliphatic carbocycles. The second-order valence-electron chi connectivity index (χ2n) is 11.5.